The maximum Gasteiger partial charge on any atom is 0.254 e. The number of piperidine rings is 1. The van der Waals surface area contributed by atoms with E-state index in [-0.39, 0.29) is 11.7 Å². The summed E-state index contributed by atoms with van der Waals surface area (Å²) >= 11 is 0. The van der Waals surface area contributed by atoms with Crippen molar-refractivity contribution >= 4 is 5.91 Å². The van der Waals surface area contributed by atoms with E-state index in [1.54, 1.807) is 12.1 Å². The summed E-state index contributed by atoms with van der Waals surface area (Å²) in [6, 6.07) is 5.44. The zero-order valence-electron chi connectivity index (χ0n) is 15.0. The van der Waals surface area contributed by atoms with Crippen LogP contribution in [0.4, 0.5) is 0 Å². The Bertz CT molecular complexity index is 644. The predicted molar refractivity (Wildman–Crippen MR) is 96.0 cm³/mol. The van der Waals surface area contributed by atoms with E-state index in [2.05, 4.69) is 4.90 Å². The van der Waals surface area contributed by atoms with Gasteiger partial charge in [0.05, 0.1) is 7.11 Å². The minimum atomic E-state index is 0.0257. The average molecular weight is 344 g/mol. The summed E-state index contributed by atoms with van der Waals surface area (Å²) in [7, 11) is 1.51. The SMILES string of the molecule is COc1ccc(C(=O)N2C[C@H]3CC[C@@H](C2)N(CC2CCC2)C3)cc1O. The van der Waals surface area contributed by atoms with Gasteiger partial charge in [0.2, 0.25) is 0 Å². The van der Waals surface area contributed by atoms with Crippen LogP contribution in [0.15, 0.2) is 18.2 Å². The van der Waals surface area contributed by atoms with Crippen LogP contribution in [0.1, 0.15) is 42.5 Å². The van der Waals surface area contributed by atoms with Crippen LogP contribution in [0.5, 0.6) is 11.5 Å². The van der Waals surface area contributed by atoms with E-state index in [1.807, 2.05) is 4.90 Å². The summed E-state index contributed by atoms with van der Waals surface area (Å²) in [6.07, 6.45) is 6.57. The van der Waals surface area contributed by atoms with Crippen LogP contribution >= 0.6 is 0 Å². The van der Waals surface area contributed by atoms with Crippen LogP contribution in [0.2, 0.25) is 0 Å². The van der Waals surface area contributed by atoms with E-state index in [4.69, 9.17) is 4.74 Å². The highest BCUT2D eigenvalue weighted by Gasteiger charge is 2.38. The number of rotatable bonds is 4. The maximum atomic E-state index is 13.0. The Kier molecular flexibility index (Phi) is 4.59. The lowest BCUT2D eigenvalue weighted by Gasteiger charge is -2.40. The highest BCUT2D eigenvalue weighted by Crippen LogP contribution is 2.34. The molecule has 0 radical (unpaired) electrons. The Morgan fingerprint density at radius 3 is 2.72 bits per heavy atom. The Morgan fingerprint density at radius 2 is 2.04 bits per heavy atom. The van der Waals surface area contributed by atoms with Crippen LogP contribution in [-0.4, -0.2) is 60.1 Å². The molecule has 3 heterocycles. The van der Waals surface area contributed by atoms with Gasteiger partial charge in [-0.1, -0.05) is 6.42 Å². The third-order valence-corrected chi connectivity index (χ3v) is 6.26. The molecule has 0 aromatic heterocycles. The highest BCUT2D eigenvalue weighted by atomic mass is 16.5. The number of nitrogens with zero attached hydrogens (tertiary/aromatic N) is 2. The van der Waals surface area contributed by atoms with Crippen LogP contribution in [0.25, 0.3) is 0 Å². The van der Waals surface area contributed by atoms with Gasteiger partial charge in [0.15, 0.2) is 11.5 Å². The molecular formula is C20H28N2O3. The zero-order valence-corrected chi connectivity index (χ0v) is 15.0. The molecule has 1 amide bonds. The molecule has 5 heteroatoms. The molecule has 3 aliphatic heterocycles. The molecule has 1 aromatic carbocycles. The number of phenolic OH excluding ortho intramolecular Hbond substituents is 1. The molecular weight excluding hydrogens is 316 g/mol. The summed E-state index contributed by atoms with van der Waals surface area (Å²) in [5, 5.41) is 9.98. The summed E-state index contributed by atoms with van der Waals surface area (Å²) in [6.45, 7) is 4.00. The van der Waals surface area contributed by atoms with Crippen LogP contribution in [0, 0.1) is 11.8 Å². The minimum Gasteiger partial charge on any atom is -0.504 e. The lowest BCUT2D eigenvalue weighted by atomic mass is 9.83. The van der Waals surface area contributed by atoms with Crippen molar-refractivity contribution in [3.63, 3.8) is 0 Å². The fraction of sp³-hybridized carbons (Fsp3) is 0.650. The average Bonchev–Trinajstić information content (AvgIpc) is 2.89. The monoisotopic (exact) mass is 344 g/mol. The van der Waals surface area contributed by atoms with E-state index in [0.717, 1.165) is 25.6 Å². The number of amides is 1. The number of carbonyl (C=O) groups is 1. The number of methoxy groups -OCH3 is 1. The summed E-state index contributed by atoms with van der Waals surface area (Å²) < 4.78 is 5.07. The highest BCUT2D eigenvalue weighted by molar-refractivity contribution is 5.95. The normalized spacial score (nSPS) is 27.0. The lowest BCUT2D eigenvalue weighted by molar-refractivity contribution is 0.0717. The minimum absolute atomic E-state index is 0.0257. The third-order valence-electron chi connectivity index (χ3n) is 6.26. The maximum absolute atomic E-state index is 13.0. The van der Waals surface area contributed by atoms with Crippen molar-refractivity contribution < 1.29 is 14.6 Å². The third kappa shape index (κ3) is 3.34. The van der Waals surface area contributed by atoms with Gasteiger partial charge in [0.25, 0.3) is 5.91 Å². The van der Waals surface area contributed by atoms with Gasteiger partial charge in [-0.3, -0.25) is 9.69 Å². The molecule has 5 nitrogen and oxygen atoms in total. The second-order valence-electron chi connectivity index (χ2n) is 7.94. The number of ether oxygens (including phenoxy) is 1. The van der Waals surface area contributed by atoms with E-state index in [1.165, 1.54) is 51.8 Å². The van der Waals surface area contributed by atoms with Crippen molar-refractivity contribution in [2.75, 3.05) is 33.3 Å². The summed E-state index contributed by atoms with van der Waals surface area (Å²) in [5.74, 6) is 1.91. The van der Waals surface area contributed by atoms with Crippen molar-refractivity contribution in [2.45, 2.75) is 38.1 Å². The topological polar surface area (TPSA) is 53.0 Å². The van der Waals surface area contributed by atoms with Gasteiger partial charge in [-0.2, -0.15) is 0 Å². The molecule has 4 fully saturated rings. The lowest BCUT2D eigenvalue weighted by Crippen LogP contribution is -2.47. The first-order valence-electron chi connectivity index (χ1n) is 9.54. The van der Waals surface area contributed by atoms with E-state index >= 15 is 0 Å². The number of phenols is 1. The second-order valence-corrected chi connectivity index (χ2v) is 7.94. The molecule has 3 saturated heterocycles. The molecule has 136 valence electrons. The predicted octanol–water partition coefficient (Wildman–Crippen LogP) is 2.74. The number of benzene rings is 1. The molecule has 1 saturated carbocycles. The first-order chi connectivity index (χ1) is 12.1. The Hall–Kier alpha value is -1.75. The van der Waals surface area contributed by atoms with Gasteiger partial charge in [-0.05, 0) is 55.7 Å². The van der Waals surface area contributed by atoms with Gasteiger partial charge >= 0.3 is 0 Å². The molecule has 5 rings (SSSR count). The van der Waals surface area contributed by atoms with E-state index in [0.29, 0.717) is 23.3 Å². The van der Waals surface area contributed by atoms with Gasteiger partial charge in [-0.15, -0.1) is 0 Å². The van der Waals surface area contributed by atoms with Crippen molar-refractivity contribution in [3.8, 4) is 11.5 Å². The largest absolute Gasteiger partial charge is 0.504 e. The van der Waals surface area contributed by atoms with Crippen molar-refractivity contribution in [1.29, 1.82) is 0 Å². The van der Waals surface area contributed by atoms with Crippen molar-refractivity contribution in [1.82, 2.24) is 9.80 Å². The molecule has 2 atom stereocenters. The standard InChI is InChI=1S/C20H28N2O3/c1-25-19-8-6-16(9-18(19)23)20(24)22-12-15-5-7-17(13-22)21(11-15)10-14-3-2-4-14/h6,8-9,14-15,17,23H,2-5,7,10-13H2,1H3/t15-,17-/m0/s1. The number of hydrogen-bond donors (Lipinski definition) is 1. The van der Waals surface area contributed by atoms with Gasteiger partial charge < -0.3 is 14.7 Å². The Morgan fingerprint density at radius 1 is 1.20 bits per heavy atom. The number of aromatic hydroxyl groups is 1. The molecule has 0 spiro atoms. The van der Waals surface area contributed by atoms with Crippen LogP contribution in [0.3, 0.4) is 0 Å². The Balaban J connectivity index is 1.47. The first-order valence-corrected chi connectivity index (χ1v) is 9.54. The van der Waals surface area contributed by atoms with Crippen LogP contribution < -0.4 is 4.74 Å². The molecule has 1 aromatic rings. The van der Waals surface area contributed by atoms with Gasteiger partial charge in [0, 0.05) is 37.8 Å². The fourth-order valence-electron chi connectivity index (χ4n) is 4.58. The number of hydrogen-bond acceptors (Lipinski definition) is 4. The second kappa shape index (κ2) is 6.87. The number of fused-ring (bicyclic) bond motifs is 4. The fourth-order valence-corrected chi connectivity index (χ4v) is 4.58. The van der Waals surface area contributed by atoms with E-state index < -0.39 is 0 Å². The molecule has 25 heavy (non-hydrogen) atoms. The summed E-state index contributed by atoms with van der Waals surface area (Å²) in [4.78, 5) is 17.6. The molecule has 2 bridgehead atoms. The molecule has 4 aliphatic rings. The van der Waals surface area contributed by atoms with Gasteiger partial charge in [-0.25, -0.2) is 0 Å². The molecule has 1 aliphatic carbocycles. The number of carbonyl (C=O) groups excluding carboxylic acids is 1. The first kappa shape index (κ1) is 16.7. The molecule has 1 N–H and O–H groups in total. The smallest absolute Gasteiger partial charge is 0.254 e. The van der Waals surface area contributed by atoms with Gasteiger partial charge in [0.1, 0.15) is 0 Å². The van der Waals surface area contributed by atoms with Crippen molar-refractivity contribution in [2.24, 2.45) is 11.8 Å². The zero-order chi connectivity index (χ0) is 17.4. The Labute approximate surface area is 149 Å². The summed E-state index contributed by atoms with van der Waals surface area (Å²) in [5.41, 5.74) is 0.546. The quantitative estimate of drug-likeness (QED) is 0.912. The van der Waals surface area contributed by atoms with Crippen LogP contribution in [-0.2, 0) is 0 Å². The van der Waals surface area contributed by atoms with E-state index in [9.17, 15) is 9.90 Å². The van der Waals surface area contributed by atoms with Crippen molar-refractivity contribution in [3.05, 3.63) is 23.8 Å². The molecule has 0 unspecified atom stereocenters.